The van der Waals surface area contributed by atoms with Gasteiger partial charge in [0.2, 0.25) is 5.89 Å². The summed E-state index contributed by atoms with van der Waals surface area (Å²) in [5.74, 6) is -0.0155. The van der Waals surface area contributed by atoms with Gasteiger partial charge >= 0.3 is 0 Å². The lowest BCUT2D eigenvalue weighted by atomic mass is 10.2. The second-order valence-electron chi connectivity index (χ2n) is 5.97. The number of hydrogen-bond donors (Lipinski definition) is 1. The predicted molar refractivity (Wildman–Crippen MR) is 106 cm³/mol. The molecule has 138 valence electrons. The Morgan fingerprint density at radius 3 is 2.61 bits per heavy atom. The van der Waals surface area contributed by atoms with Crippen LogP contribution in [0.25, 0.3) is 22.6 Å². The average Bonchev–Trinajstić information content (AvgIpc) is 3.12. The molecule has 0 radical (unpaired) electrons. The monoisotopic (exact) mass is 393 g/mol. The lowest BCUT2D eigenvalue weighted by Gasteiger charge is -2.04. The number of nitro groups is 1. The number of fused-ring (bicyclic) bond motifs is 1. The number of carbonyl (C=O) groups excluding carboxylic acids is 1. The van der Waals surface area contributed by atoms with E-state index in [1.807, 2.05) is 0 Å². The topological polar surface area (TPSA) is 98.3 Å². The summed E-state index contributed by atoms with van der Waals surface area (Å²) < 4.78 is 5.74. The molecular weight excluding hydrogens is 382 g/mol. The standard InChI is InChI=1S/C20H12ClN3O4/c21-14-6-4-12(5-7-14)20-23-17-11-15(8-9-18(17)28-20)22-19(25)13-2-1-3-16(10-13)24(26)27/h1-11H,(H,22,25). The molecule has 0 fully saturated rings. The van der Waals surface area contributed by atoms with E-state index in [1.165, 1.54) is 24.3 Å². The number of oxazole rings is 1. The van der Waals surface area contributed by atoms with Crippen LogP contribution in [0.3, 0.4) is 0 Å². The number of anilines is 1. The van der Waals surface area contributed by atoms with Gasteiger partial charge in [-0.25, -0.2) is 4.98 Å². The summed E-state index contributed by atoms with van der Waals surface area (Å²) in [6.07, 6.45) is 0. The molecule has 0 spiro atoms. The Balaban J connectivity index is 1.59. The van der Waals surface area contributed by atoms with Crippen LogP contribution >= 0.6 is 11.6 Å². The minimum atomic E-state index is -0.545. The van der Waals surface area contributed by atoms with Crippen LogP contribution in [0, 0.1) is 10.1 Å². The van der Waals surface area contributed by atoms with Crippen LogP contribution in [0.4, 0.5) is 11.4 Å². The summed E-state index contributed by atoms with van der Waals surface area (Å²) in [6, 6.07) is 17.7. The van der Waals surface area contributed by atoms with Gasteiger partial charge in [-0.1, -0.05) is 17.7 Å². The number of aromatic nitrogens is 1. The first-order valence-electron chi connectivity index (χ1n) is 8.22. The molecule has 0 saturated carbocycles. The number of nitrogens with zero attached hydrogens (tertiary/aromatic N) is 2. The van der Waals surface area contributed by atoms with Gasteiger partial charge in [0, 0.05) is 34.0 Å². The van der Waals surface area contributed by atoms with E-state index in [0.29, 0.717) is 27.7 Å². The van der Waals surface area contributed by atoms with Gasteiger partial charge in [0.25, 0.3) is 11.6 Å². The molecule has 1 amide bonds. The number of amides is 1. The fourth-order valence-corrected chi connectivity index (χ4v) is 2.81. The molecule has 0 aliphatic heterocycles. The maximum Gasteiger partial charge on any atom is 0.270 e. The Hall–Kier alpha value is -3.71. The van der Waals surface area contributed by atoms with E-state index in [1.54, 1.807) is 42.5 Å². The van der Waals surface area contributed by atoms with Crippen molar-refractivity contribution in [1.82, 2.24) is 4.98 Å². The van der Waals surface area contributed by atoms with E-state index in [2.05, 4.69) is 10.3 Å². The van der Waals surface area contributed by atoms with Crippen LogP contribution in [-0.2, 0) is 0 Å². The molecule has 4 rings (SSSR count). The number of nitrogens with one attached hydrogen (secondary N) is 1. The Morgan fingerprint density at radius 2 is 1.86 bits per heavy atom. The molecule has 1 aromatic heterocycles. The molecule has 3 aromatic carbocycles. The number of rotatable bonds is 4. The SMILES string of the molecule is O=C(Nc1ccc2oc(-c3ccc(Cl)cc3)nc2c1)c1cccc([N+](=O)[O-])c1. The minimum Gasteiger partial charge on any atom is -0.436 e. The van der Waals surface area contributed by atoms with Crippen molar-refractivity contribution >= 4 is 40.0 Å². The van der Waals surface area contributed by atoms with Crippen LogP contribution in [0.5, 0.6) is 0 Å². The molecule has 0 unspecified atom stereocenters. The van der Waals surface area contributed by atoms with E-state index >= 15 is 0 Å². The number of hydrogen-bond acceptors (Lipinski definition) is 5. The Labute approximate surface area is 163 Å². The lowest BCUT2D eigenvalue weighted by Crippen LogP contribution is -2.12. The van der Waals surface area contributed by atoms with Crippen LogP contribution < -0.4 is 5.32 Å². The van der Waals surface area contributed by atoms with Gasteiger partial charge in [0.05, 0.1) is 4.92 Å². The summed E-state index contributed by atoms with van der Waals surface area (Å²) in [5.41, 5.74) is 2.46. The van der Waals surface area contributed by atoms with Crippen molar-refractivity contribution in [1.29, 1.82) is 0 Å². The van der Waals surface area contributed by atoms with Gasteiger partial charge in [-0.2, -0.15) is 0 Å². The van der Waals surface area contributed by atoms with Crippen LogP contribution in [-0.4, -0.2) is 15.8 Å². The molecule has 28 heavy (non-hydrogen) atoms. The Morgan fingerprint density at radius 1 is 1.07 bits per heavy atom. The van der Waals surface area contributed by atoms with Gasteiger partial charge in [0.15, 0.2) is 5.58 Å². The van der Waals surface area contributed by atoms with E-state index in [-0.39, 0.29) is 11.3 Å². The smallest absolute Gasteiger partial charge is 0.270 e. The van der Waals surface area contributed by atoms with E-state index in [4.69, 9.17) is 16.0 Å². The molecule has 0 saturated heterocycles. The number of nitro benzene ring substituents is 1. The zero-order chi connectivity index (χ0) is 19.7. The first kappa shape index (κ1) is 17.7. The summed E-state index contributed by atoms with van der Waals surface area (Å²) in [7, 11) is 0. The Bertz CT molecular complexity index is 1200. The highest BCUT2D eigenvalue weighted by molar-refractivity contribution is 6.30. The quantitative estimate of drug-likeness (QED) is 0.374. The first-order valence-corrected chi connectivity index (χ1v) is 8.60. The number of non-ortho nitro benzene ring substituents is 1. The van der Waals surface area contributed by atoms with E-state index in [0.717, 1.165) is 5.56 Å². The molecule has 0 aliphatic carbocycles. The molecule has 0 aliphatic rings. The highest BCUT2D eigenvalue weighted by Gasteiger charge is 2.13. The second-order valence-corrected chi connectivity index (χ2v) is 6.41. The molecule has 7 nitrogen and oxygen atoms in total. The van der Waals surface area contributed by atoms with Gasteiger partial charge in [-0.3, -0.25) is 14.9 Å². The highest BCUT2D eigenvalue weighted by Crippen LogP contribution is 2.27. The van der Waals surface area contributed by atoms with Crippen molar-refractivity contribution in [2.24, 2.45) is 0 Å². The number of benzene rings is 3. The van der Waals surface area contributed by atoms with Gasteiger partial charge in [-0.05, 0) is 48.5 Å². The minimum absolute atomic E-state index is 0.146. The van der Waals surface area contributed by atoms with Crippen LogP contribution in [0.15, 0.2) is 71.1 Å². The average molecular weight is 394 g/mol. The second kappa shape index (κ2) is 7.13. The summed E-state index contributed by atoms with van der Waals surface area (Å²) >= 11 is 5.90. The van der Waals surface area contributed by atoms with Crippen molar-refractivity contribution in [3.05, 3.63) is 87.4 Å². The maximum atomic E-state index is 12.4. The molecule has 1 N–H and O–H groups in total. The summed E-state index contributed by atoms with van der Waals surface area (Å²) in [6.45, 7) is 0. The molecule has 0 atom stereocenters. The zero-order valence-electron chi connectivity index (χ0n) is 14.3. The number of halogens is 1. The molecular formula is C20H12ClN3O4. The van der Waals surface area contributed by atoms with Gasteiger partial charge in [-0.15, -0.1) is 0 Å². The van der Waals surface area contributed by atoms with E-state index < -0.39 is 10.8 Å². The summed E-state index contributed by atoms with van der Waals surface area (Å²) in [5, 5.41) is 14.2. The molecule has 0 bridgehead atoms. The maximum absolute atomic E-state index is 12.4. The third kappa shape index (κ3) is 3.56. The third-order valence-electron chi connectivity index (χ3n) is 4.06. The largest absolute Gasteiger partial charge is 0.436 e. The van der Waals surface area contributed by atoms with Gasteiger partial charge < -0.3 is 9.73 Å². The van der Waals surface area contributed by atoms with Crippen molar-refractivity contribution in [2.45, 2.75) is 0 Å². The predicted octanol–water partition coefficient (Wildman–Crippen LogP) is 5.31. The van der Waals surface area contributed by atoms with Crippen molar-refractivity contribution in [2.75, 3.05) is 5.32 Å². The Kier molecular flexibility index (Phi) is 4.50. The molecule has 8 heteroatoms. The third-order valence-corrected chi connectivity index (χ3v) is 4.31. The van der Waals surface area contributed by atoms with Crippen LogP contribution in [0.2, 0.25) is 5.02 Å². The normalized spacial score (nSPS) is 10.8. The molecule has 1 heterocycles. The fourth-order valence-electron chi connectivity index (χ4n) is 2.69. The van der Waals surface area contributed by atoms with Crippen molar-refractivity contribution in [3.8, 4) is 11.5 Å². The van der Waals surface area contributed by atoms with Crippen molar-refractivity contribution in [3.63, 3.8) is 0 Å². The fraction of sp³-hybridized carbons (Fsp3) is 0. The van der Waals surface area contributed by atoms with Crippen molar-refractivity contribution < 1.29 is 14.1 Å². The molecule has 4 aromatic rings. The van der Waals surface area contributed by atoms with Crippen LogP contribution in [0.1, 0.15) is 10.4 Å². The first-order chi connectivity index (χ1) is 13.5. The zero-order valence-corrected chi connectivity index (χ0v) is 15.0. The van der Waals surface area contributed by atoms with E-state index in [9.17, 15) is 14.9 Å². The highest BCUT2D eigenvalue weighted by atomic mass is 35.5. The number of carbonyl (C=O) groups is 1. The summed E-state index contributed by atoms with van der Waals surface area (Å²) in [4.78, 5) is 27.2. The lowest BCUT2D eigenvalue weighted by molar-refractivity contribution is -0.384. The van der Waals surface area contributed by atoms with Gasteiger partial charge in [0.1, 0.15) is 5.52 Å².